The molecule has 0 radical (unpaired) electrons. The first kappa shape index (κ1) is 25.7. The SMILES string of the molecule is CCNC(=NCCCc1ccc(OC)cc1)NC1CCN(C(=O)C2CCCCC2)C1.I. The molecule has 3 rings (SSSR count). The zero-order chi connectivity index (χ0) is 21.2. The number of hydrogen-bond acceptors (Lipinski definition) is 3. The minimum absolute atomic E-state index is 0. The predicted octanol–water partition coefficient (Wildman–Crippen LogP) is 3.98. The largest absolute Gasteiger partial charge is 0.497 e. The van der Waals surface area contributed by atoms with Crippen LogP contribution in [0.3, 0.4) is 0 Å². The number of carbonyl (C=O) groups excluding carboxylic acids is 1. The van der Waals surface area contributed by atoms with E-state index in [2.05, 4.69) is 34.6 Å². The quantitative estimate of drug-likeness (QED) is 0.226. The van der Waals surface area contributed by atoms with E-state index in [-0.39, 0.29) is 35.9 Å². The number of aryl methyl sites for hydroxylation is 1. The third-order valence-corrected chi connectivity index (χ3v) is 6.19. The Morgan fingerprint density at radius 1 is 1.16 bits per heavy atom. The second-order valence-corrected chi connectivity index (χ2v) is 8.46. The third-order valence-electron chi connectivity index (χ3n) is 6.19. The van der Waals surface area contributed by atoms with Crippen LogP contribution in [0.25, 0.3) is 0 Å². The molecule has 1 atom stereocenters. The minimum Gasteiger partial charge on any atom is -0.497 e. The summed E-state index contributed by atoms with van der Waals surface area (Å²) >= 11 is 0. The van der Waals surface area contributed by atoms with Crippen LogP contribution in [0, 0.1) is 5.92 Å². The van der Waals surface area contributed by atoms with E-state index in [4.69, 9.17) is 9.73 Å². The second-order valence-electron chi connectivity index (χ2n) is 8.46. The lowest BCUT2D eigenvalue weighted by Gasteiger charge is -2.26. The van der Waals surface area contributed by atoms with Crippen LogP contribution >= 0.6 is 24.0 Å². The molecule has 174 valence electrons. The Bertz CT molecular complexity index is 689. The van der Waals surface area contributed by atoms with Crippen LogP contribution in [0.4, 0.5) is 0 Å². The zero-order valence-corrected chi connectivity index (χ0v) is 21.4. The molecule has 1 amide bonds. The van der Waals surface area contributed by atoms with Gasteiger partial charge in [-0.2, -0.15) is 0 Å². The third kappa shape index (κ3) is 8.16. The fourth-order valence-electron chi connectivity index (χ4n) is 4.47. The van der Waals surface area contributed by atoms with Crippen LogP contribution in [-0.2, 0) is 11.2 Å². The highest BCUT2D eigenvalue weighted by Gasteiger charge is 2.31. The number of rotatable bonds is 8. The van der Waals surface area contributed by atoms with Gasteiger partial charge in [-0.25, -0.2) is 0 Å². The first-order chi connectivity index (χ1) is 14.7. The molecule has 2 fully saturated rings. The molecule has 1 aliphatic carbocycles. The van der Waals surface area contributed by atoms with E-state index in [1.54, 1.807) is 7.11 Å². The number of ether oxygens (including phenoxy) is 1. The van der Waals surface area contributed by atoms with Crippen molar-refractivity contribution in [2.75, 3.05) is 33.3 Å². The van der Waals surface area contributed by atoms with Crippen LogP contribution in [-0.4, -0.2) is 56.1 Å². The van der Waals surface area contributed by atoms with Crippen LogP contribution < -0.4 is 15.4 Å². The first-order valence-electron chi connectivity index (χ1n) is 11.7. The zero-order valence-electron chi connectivity index (χ0n) is 19.1. The number of benzene rings is 1. The summed E-state index contributed by atoms with van der Waals surface area (Å²) in [6, 6.07) is 8.53. The molecule has 6 nitrogen and oxygen atoms in total. The fourth-order valence-corrected chi connectivity index (χ4v) is 4.47. The van der Waals surface area contributed by atoms with Gasteiger partial charge in [0.15, 0.2) is 5.96 Å². The molecular formula is C24H39IN4O2. The van der Waals surface area contributed by atoms with E-state index >= 15 is 0 Å². The Labute approximate surface area is 204 Å². The maximum absolute atomic E-state index is 12.8. The van der Waals surface area contributed by atoms with Crippen molar-refractivity contribution in [3.8, 4) is 5.75 Å². The van der Waals surface area contributed by atoms with Gasteiger partial charge in [-0.05, 0) is 56.7 Å². The number of likely N-dealkylation sites (tertiary alicyclic amines) is 1. The molecule has 1 saturated heterocycles. The monoisotopic (exact) mass is 542 g/mol. The molecule has 1 heterocycles. The lowest BCUT2D eigenvalue weighted by molar-refractivity contribution is -0.135. The van der Waals surface area contributed by atoms with Crippen molar-refractivity contribution in [2.24, 2.45) is 10.9 Å². The molecule has 1 unspecified atom stereocenters. The summed E-state index contributed by atoms with van der Waals surface area (Å²) < 4.78 is 5.21. The van der Waals surface area contributed by atoms with Gasteiger partial charge in [0.25, 0.3) is 0 Å². The van der Waals surface area contributed by atoms with Crippen LogP contribution in [0.5, 0.6) is 5.75 Å². The second kappa shape index (κ2) is 13.8. The molecule has 2 N–H and O–H groups in total. The van der Waals surface area contributed by atoms with E-state index in [1.165, 1.54) is 24.8 Å². The van der Waals surface area contributed by atoms with Crippen LogP contribution in [0.1, 0.15) is 57.4 Å². The smallest absolute Gasteiger partial charge is 0.225 e. The number of hydrogen-bond donors (Lipinski definition) is 2. The van der Waals surface area contributed by atoms with Crippen molar-refractivity contribution >= 4 is 35.8 Å². The van der Waals surface area contributed by atoms with Crippen molar-refractivity contribution in [3.05, 3.63) is 29.8 Å². The lowest BCUT2D eigenvalue weighted by atomic mass is 9.88. The molecule has 2 aliphatic rings. The molecule has 1 saturated carbocycles. The lowest BCUT2D eigenvalue weighted by Crippen LogP contribution is -2.45. The van der Waals surface area contributed by atoms with Gasteiger partial charge in [0.1, 0.15) is 5.75 Å². The van der Waals surface area contributed by atoms with E-state index < -0.39 is 0 Å². The number of amides is 1. The van der Waals surface area contributed by atoms with Crippen molar-refractivity contribution in [1.29, 1.82) is 0 Å². The normalized spacial score (nSPS) is 19.6. The Morgan fingerprint density at radius 3 is 2.58 bits per heavy atom. The van der Waals surface area contributed by atoms with Crippen LogP contribution in [0.2, 0.25) is 0 Å². The highest BCUT2D eigenvalue weighted by molar-refractivity contribution is 14.0. The summed E-state index contributed by atoms with van der Waals surface area (Å²) in [5.74, 6) is 2.39. The highest BCUT2D eigenvalue weighted by atomic mass is 127. The molecule has 1 aliphatic heterocycles. The van der Waals surface area contributed by atoms with Crippen molar-refractivity contribution in [3.63, 3.8) is 0 Å². The summed E-state index contributed by atoms with van der Waals surface area (Å²) in [6.07, 6.45) is 8.85. The maximum atomic E-state index is 12.8. The summed E-state index contributed by atoms with van der Waals surface area (Å²) in [5.41, 5.74) is 1.30. The van der Waals surface area contributed by atoms with Gasteiger partial charge in [-0.1, -0.05) is 31.4 Å². The van der Waals surface area contributed by atoms with E-state index in [1.807, 2.05) is 12.1 Å². The Morgan fingerprint density at radius 2 is 1.90 bits per heavy atom. The van der Waals surface area contributed by atoms with Crippen molar-refractivity contribution in [1.82, 2.24) is 15.5 Å². The number of halogens is 1. The highest BCUT2D eigenvalue weighted by Crippen LogP contribution is 2.26. The van der Waals surface area contributed by atoms with Gasteiger partial charge in [0.05, 0.1) is 7.11 Å². The summed E-state index contributed by atoms with van der Waals surface area (Å²) in [6.45, 7) is 5.36. The Balaban J connectivity index is 0.00000341. The van der Waals surface area contributed by atoms with Crippen molar-refractivity contribution in [2.45, 2.75) is 64.3 Å². The molecule has 1 aromatic carbocycles. The topological polar surface area (TPSA) is 66.0 Å². The summed E-state index contributed by atoms with van der Waals surface area (Å²) in [5, 5.41) is 6.90. The standard InChI is InChI=1S/C24H38N4O2.HI/c1-3-25-24(26-16-7-8-19-11-13-22(30-2)14-12-19)27-21-15-17-28(18-21)23(29)20-9-5-4-6-10-20;/h11-14,20-21H,3-10,15-18H2,1-2H3,(H2,25,26,27);1H. The molecule has 31 heavy (non-hydrogen) atoms. The molecule has 0 spiro atoms. The average Bonchev–Trinajstić information content (AvgIpc) is 3.25. The van der Waals surface area contributed by atoms with E-state index in [0.29, 0.717) is 5.91 Å². The maximum Gasteiger partial charge on any atom is 0.225 e. The molecule has 0 aromatic heterocycles. The molecule has 1 aromatic rings. The van der Waals surface area contributed by atoms with Gasteiger partial charge < -0.3 is 20.3 Å². The van der Waals surface area contributed by atoms with Gasteiger partial charge in [0.2, 0.25) is 5.91 Å². The van der Waals surface area contributed by atoms with E-state index in [9.17, 15) is 4.79 Å². The Hall–Kier alpha value is -1.51. The predicted molar refractivity (Wildman–Crippen MR) is 137 cm³/mol. The molecule has 7 heteroatoms. The van der Waals surface area contributed by atoms with Gasteiger partial charge in [-0.3, -0.25) is 9.79 Å². The number of nitrogens with one attached hydrogen (secondary N) is 2. The first-order valence-corrected chi connectivity index (χ1v) is 11.7. The number of methoxy groups -OCH3 is 1. The summed E-state index contributed by atoms with van der Waals surface area (Å²) in [4.78, 5) is 19.6. The number of carbonyl (C=O) groups is 1. The molecular weight excluding hydrogens is 503 g/mol. The van der Waals surface area contributed by atoms with Crippen molar-refractivity contribution < 1.29 is 9.53 Å². The van der Waals surface area contributed by atoms with Gasteiger partial charge in [-0.15, -0.1) is 24.0 Å². The van der Waals surface area contributed by atoms with Gasteiger partial charge >= 0.3 is 0 Å². The van der Waals surface area contributed by atoms with E-state index in [0.717, 1.165) is 70.0 Å². The van der Waals surface area contributed by atoms with Gasteiger partial charge in [0, 0.05) is 38.1 Å². The minimum atomic E-state index is 0. The number of guanidine groups is 1. The number of aliphatic imine (C=N–C) groups is 1. The molecule has 0 bridgehead atoms. The fraction of sp³-hybridized carbons (Fsp3) is 0.667. The number of nitrogens with zero attached hydrogens (tertiary/aromatic N) is 2. The summed E-state index contributed by atoms with van der Waals surface area (Å²) in [7, 11) is 1.69. The Kier molecular flexibility index (Phi) is 11.5. The average molecular weight is 543 g/mol. The van der Waals surface area contributed by atoms with Crippen LogP contribution in [0.15, 0.2) is 29.3 Å².